The number of primary amides is 1. The Morgan fingerprint density at radius 3 is 2.59 bits per heavy atom. The maximum absolute atomic E-state index is 13.8. The number of amides is 3. The molecule has 10 heteroatoms. The van der Waals surface area contributed by atoms with E-state index in [1.54, 1.807) is 4.90 Å². The van der Waals surface area contributed by atoms with Crippen molar-refractivity contribution in [2.24, 2.45) is 17.6 Å². The van der Waals surface area contributed by atoms with Gasteiger partial charge in [0.25, 0.3) is 18.2 Å². The highest BCUT2D eigenvalue weighted by molar-refractivity contribution is 6.09. The van der Waals surface area contributed by atoms with Crippen molar-refractivity contribution < 1.29 is 27.9 Å². The molecule has 0 spiro atoms. The van der Waals surface area contributed by atoms with Gasteiger partial charge in [-0.15, -0.1) is 0 Å². The van der Waals surface area contributed by atoms with Crippen LogP contribution in [-0.4, -0.2) is 61.5 Å². The van der Waals surface area contributed by atoms with Crippen LogP contribution in [0.25, 0.3) is 0 Å². The van der Waals surface area contributed by atoms with E-state index in [9.17, 15) is 23.2 Å². The Bertz CT molecular complexity index is 856. The van der Waals surface area contributed by atoms with Crippen molar-refractivity contribution in [2.75, 3.05) is 43.1 Å². The first-order valence-corrected chi connectivity index (χ1v) is 10.8. The first kappa shape index (κ1) is 24.1. The molecule has 2 fully saturated rings. The van der Waals surface area contributed by atoms with Crippen LogP contribution in [0.5, 0.6) is 0 Å². The molecule has 1 aromatic rings. The van der Waals surface area contributed by atoms with Gasteiger partial charge in [0.15, 0.2) is 6.04 Å². The lowest BCUT2D eigenvalue weighted by molar-refractivity contribution is -0.133. The molecule has 176 valence electrons. The predicted octanol–water partition coefficient (Wildman–Crippen LogP) is 2.15. The summed E-state index contributed by atoms with van der Waals surface area (Å²) >= 11 is 0. The third-order valence-corrected chi connectivity index (χ3v) is 5.48. The molecule has 0 radical (unpaired) electrons. The van der Waals surface area contributed by atoms with Crippen LogP contribution < -0.4 is 16.0 Å². The number of carbonyl (C=O) groups is 3. The highest BCUT2D eigenvalue weighted by atomic mass is 19.3. The van der Waals surface area contributed by atoms with Gasteiger partial charge in [-0.3, -0.25) is 19.3 Å². The molecule has 1 aromatic carbocycles. The molecule has 3 amide bonds. The maximum atomic E-state index is 13.8. The van der Waals surface area contributed by atoms with Crippen molar-refractivity contribution in [3.8, 4) is 0 Å². The lowest BCUT2D eigenvalue weighted by Gasteiger charge is -2.30. The summed E-state index contributed by atoms with van der Waals surface area (Å²) < 4.78 is 32.6. The molecule has 8 nitrogen and oxygen atoms in total. The molecule has 3 N–H and O–H groups in total. The number of anilines is 2. The zero-order valence-electron chi connectivity index (χ0n) is 18.4. The van der Waals surface area contributed by atoms with Crippen LogP contribution in [-0.2, 0) is 19.1 Å². The van der Waals surface area contributed by atoms with Gasteiger partial charge in [0, 0.05) is 30.9 Å². The minimum atomic E-state index is -2.86. The Balaban J connectivity index is 1.82. The average Bonchev–Trinajstić information content (AvgIpc) is 3.51. The number of nitrogens with zero attached hydrogens (tertiary/aromatic N) is 2. The first-order valence-electron chi connectivity index (χ1n) is 10.8. The van der Waals surface area contributed by atoms with Crippen molar-refractivity contribution in [3.05, 3.63) is 23.8 Å². The normalized spacial score (nSPS) is 17.8. The molecule has 0 bridgehead atoms. The number of rotatable bonds is 10. The quantitative estimate of drug-likeness (QED) is 0.530. The molecule has 32 heavy (non-hydrogen) atoms. The van der Waals surface area contributed by atoms with Gasteiger partial charge in [0.05, 0.1) is 12.3 Å². The molecule has 1 atom stereocenters. The second-order valence-corrected chi connectivity index (χ2v) is 8.76. The molecular weight excluding hydrogens is 422 g/mol. The van der Waals surface area contributed by atoms with Gasteiger partial charge in [-0.2, -0.15) is 0 Å². The Kier molecular flexibility index (Phi) is 7.78. The van der Waals surface area contributed by atoms with Crippen molar-refractivity contribution in [3.63, 3.8) is 0 Å². The minimum Gasteiger partial charge on any atom is -0.370 e. The lowest BCUT2D eigenvalue weighted by atomic mass is 10.1. The fourth-order valence-corrected chi connectivity index (χ4v) is 3.90. The molecule has 0 aromatic heterocycles. The van der Waals surface area contributed by atoms with E-state index < -0.39 is 30.2 Å². The third kappa shape index (κ3) is 6.01. The van der Waals surface area contributed by atoms with Crippen LogP contribution in [0.1, 0.15) is 38.7 Å². The smallest absolute Gasteiger partial charge is 0.265 e. The second kappa shape index (κ2) is 10.4. The average molecular weight is 453 g/mol. The minimum absolute atomic E-state index is 0.0768. The number of nitrogens with two attached hydrogens (primary N) is 1. The van der Waals surface area contributed by atoms with Crippen LogP contribution in [0, 0.1) is 11.8 Å². The summed E-state index contributed by atoms with van der Waals surface area (Å²) in [6.45, 7) is 5.30. The highest BCUT2D eigenvalue weighted by Gasteiger charge is 2.36. The number of hydrogen-bond acceptors (Lipinski definition) is 5. The molecule has 1 heterocycles. The molecule has 1 aliphatic carbocycles. The largest absolute Gasteiger partial charge is 0.370 e. The van der Waals surface area contributed by atoms with E-state index >= 15 is 0 Å². The number of morpholine rings is 1. The number of alkyl halides is 2. The summed E-state index contributed by atoms with van der Waals surface area (Å²) in [5, 5.41) is 2.56. The Labute approximate surface area is 186 Å². The number of benzene rings is 1. The second-order valence-electron chi connectivity index (χ2n) is 8.76. The zero-order chi connectivity index (χ0) is 23.4. The molecule has 2 aliphatic rings. The topological polar surface area (TPSA) is 105 Å². The van der Waals surface area contributed by atoms with Crippen molar-refractivity contribution >= 4 is 29.1 Å². The fourth-order valence-electron chi connectivity index (χ4n) is 3.90. The van der Waals surface area contributed by atoms with Gasteiger partial charge in [-0.25, -0.2) is 8.78 Å². The maximum Gasteiger partial charge on any atom is 0.265 e. The first-order chi connectivity index (χ1) is 15.2. The van der Waals surface area contributed by atoms with E-state index in [1.807, 2.05) is 13.8 Å². The van der Waals surface area contributed by atoms with Gasteiger partial charge in [-0.1, -0.05) is 13.8 Å². The van der Waals surface area contributed by atoms with E-state index in [2.05, 4.69) is 5.32 Å². The van der Waals surface area contributed by atoms with Crippen LogP contribution in [0.15, 0.2) is 18.2 Å². The van der Waals surface area contributed by atoms with Gasteiger partial charge >= 0.3 is 0 Å². The van der Waals surface area contributed by atoms with Gasteiger partial charge < -0.3 is 20.7 Å². The molecule has 1 saturated heterocycles. The summed E-state index contributed by atoms with van der Waals surface area (Å²) in [5.74, 6) is -1.21. The van der Waals surface area contributed by atoms with Gasteiger partial charge in [-0.05, 0) is 42.9 Å². The Morgan fingerprint density at radius 1 is 1.31 bits per heavy atom. The van der Waals surface area contributed by atoms with Crippen LogP contribution in [0.2, 0.25) is 0 Å². The van der Waals surface area contributed by atoms with E-state index in [1.165, 1.54) is 17.0 Å². The summed E-state index contributed by atoms with van der Waals surface area (Å²) in [6.07, 6.45) is -0.778. The summed E-state index contributed by atoms with van der Waals surface area (Å²) in [5.41, 5.74) is 5.36. The number of halogens is 2. The van der Waals surface area contributed by atoms with E-state index in [4.69, 9.17) is 10.5 Å². The molecule has 1 aliphatic heterocycles. The van der Waals surface area contributed by atoms with E-state index in [0.717, 1.165) is 18.9 Å². The van der Waals surface area contributed by atoms with Crippen LogP contribution >= 0.6 is 0 Å². The van der Waals surface area contributed by atoms with Gasteiger partial charge in [0.1, 0.15) is 6.61 Å². The number of nitrogens with one attached hydrogen (secondary N) is 1. The predicted molar refractivity (Wildman–Crippen MR) is 115 cm³/mol. The van der Waals surface area contributed by atoms with Crippen LogP contribution in [0.4, 0.5) is 20.2 Å². The molecule has 0 unspecified atom stereocenters. The van der Waals surface area contributed by atoms with E-state index in [-0.39, 0.29) is 42.6 Å². The SMILES string of the molecule is CC(C)CN(CC1CC1)[C@@H](C(N)=O)C(=O)Nc1ccc(N2CCOCC2=O)c(C(F)F)c1. The number of carbonyl (C=O) groups excluding carboxylic acids is 3. The monoisotopic (exact) mass is 452 g/mol. The summed E-state index contributed by atoms with van der Waals surface area (Å²) in [7, 11) is 0. The van der Waals surface area contributed by atoms with E-state index in [0.29, 0.717) is 19.0 Å². The zero-order valence-corrected chi connectivity index (χ0v) is 18.4. The van der Waals surface area contributed by atoms with Crippen LogP contribution in [0.3, 0.4) is 0 Å². The molecular formula is C22H30F2N4O4. The standard InChI is InChI=1S/C22H30F2N4O4/c1-13(2)10-27(11-14-3-4-14)19(21(25)30)22(31)26-15-5-6-17(16(9-15)20(23)24)28-7-8-32-12-18(28)29/h5-6,9,13-14,19-20H,3-4,7-8,10-12H2,1-2H3,(H2,25,30)(H,26,31)/t19-/m0/s1. The van der Waals surface area contributed by atoms with Gasteiger partial charge in [0.2, 0.25) is 5.91 Å². The molecule has 1 saturated carbocycles. The fraction of sp³-hybridized carbons (Fsp3) is 0.591. The summed E-state index contributed by atoms with van der Waals surface area (Å²) in [6, 6.07) is 2.74. The number of hydrogen-bond donors (Lipinski definition) is 2. The third-order valence-electron chi connectivity index (χ3n) is 5.48. The molecule has 3 rings (SSSR count). The summed E-state index contributed by atoms with van der Waals surface area (Å²) in [4.78, 5) is 40.3. The lowest BCUT2D eigenvalue weighted by Crippen LogP contribution is -2.53. The Morgan fingerprint density at radius 2 is 2.03 bits per heavy atom. The number of ether oxygens (including phenoxy) is 1. The van der Waals surface area contributed by atoms with Crippen molar-refractivity contribution in [2.45, 2.75) is 39.2 Å². The Hall–Kier alpha value is -2.59. The van der Waals surface area contributed by atoms with Crippen molar-refractivity contribution in [1.82, 2.24) is 4.90 Å². The highest BCUT2D eigenvalue weighted by Crippen LogP contribution is 2.34. The van der Waals surface area contributed by atoms with Crippen molar-refractivity contribution in [1.29, 1.82) is 0 Å².